The van der Waals surface area contributed by atoms with Crippen LogP contribution in [0.4, 0.5) is 0 Å². The van der Waals surface area contributed by atoms with Crippen molar-refractivity contribution in [2.45, 2.75) is 39.0 Å². The van der Waals surface area contributed by atoms with Crippen molar-refractivity contribution in [1.29, 1.82) is 0 Å². The van der Waals surface area contributed by atoms with Crippen LogP contribution in [0.5, 0.6) is 0 Å². The van der Waals surface area contributed by atoms with Crippen LogP contribution >= 0.6 is 0 Å². The van der Waals surface area contributed by atoms with Gasteiger partial charge >= 0.3 is 0 Å². The van der Waals surface area contributed by atoms with Crippen LogP contribution in [0, 0.1) is 0 Å². The first kappa shape index (κ1) is 11.2. The number of fused-ring (bicyclic) bond motifs is 1. The van der Waals surface area contributed by atoms with Crippen molar-refractivity contribution in [3.05, 3.63) is 34.9 Å². The van der Waals surface area contributed by atoms with Crippen molar-refractivity contribution in [1.82, 2.24) is 0 Å². The minimum absolute atomic E-state index is 0.218. The zero-order chi connectivity index (χ0) is 11.8. The van der Waals surface area contributed by atoms with Crippen LogP contribution < -0.4 is 0 Å². The first-order valence-corrected chi connectivity index (χ1v) is 5.76. The highest BCUT2D eigenvalue weighted by Gasteiger charge is 2.21. The quantitative estimate of drug-likeness (QED) is 0.661. The summed E-state index contributed by atoms with van der Waals surface area (Å²) in [5.74, 6) is 0. The van der Waals surface area contributed by atoms with Crippen LogP contribution in [-0.2, 0) is 16.7 Å². The third kappa shape index (κ3) is 1.97. The summed E-state index contributed by atoms with van der Waals surface area (Å²) >= 11 is 0. The number of hydrogen-bond donors (Lipinski definition) is 0. The minimum Gasteiger partial charge on any atom is -0.399 e. The van der Waals surface area contributed by atoms with Gasteiger partial charge in [0.2, 0.25) is 0 Å². The van der Waals surface area contributed by atoms with Crippen molar-refractivity contribution in [2.24, 2.45) is 5.16 Å². The molecule has 0 spiro atoms. The van der Waals surface area contributed by atoms with Gasteiger partial charge in [0, 0.05) is 5.56 Å². The molecule has 0 aromatic heterocycles. The lowest BCUT2D eigenvalue weighted by Gasteiger charge is -2.19. The molecule has 0 unspecified atom stereocenters. The van der Waals surface area contributed by atoms with E-state index in [9.17, 15) is 0 Å². The largest absolute Gasteiger partial charge is 0.399 e. The summed E-state index contributed by atoms with van der Waals surface area (Å²) in [5.41, 5.74) is 5.36. The van der Waals surface area contributed by atoms with Gasteiger partial charge in [0.15, 0.2) is 0 Å². The Morgan fingerprint density at radius 3 is 2.56 bits per heavy atom. The summed E-state index contributed by atoms with van der Waals surface area (Å²) in [7, 11) is 1.61. The Balaban J connectivity index is 2.41. The van der Waals surface area contributed by atoms with Crippen LogP contribution in [0.15, 0.2) is 23.4 Å². The molecule has 0 atom stereocenters. The van der Waals surface area contributed by atoms with Gasteiger partial charge in [0.1, 0.15) is 7.11 Å². The van der Waals surface area contributed by atoms with Crippen molar-refractivity contribution >= 4 is 5.71 Å². The molecule has 0 aliphatic heterocycles. The maximum absolute atomic E-state index is 4.87. The fraction of sp³-hybridized carbons (Fsp3) is 0.500. The van der Waals surface area contributed by atoms with Gasteiger partial charge in [-0.2, -0.15) is 0 Å². The Kier molecular flexibility index (Phi) is 2.75. The molecule has 0 saturated carbocycles. The molecule has 1 aliphatic rings. The molecule has 16 heavy (non-hydrogen) atoms. The molecule has 2 heteroatoms. The summed E-state index contributed by atoms with van der Waals surface area (Å²) in [6.45, 7) is 6.73. The third-order valence-corrected chi connectivity index (χ3v) is 3.11. The molecular weight excluding hydrogens is 198 g/mol. The lowest BCUT2D eigenvalue weighted by molar-refractivity contribution is 0.213. The number of benzene rings is 1. The molecule has 1 aliphatic carbocycles. The molecule has 0 N–H and O–H groups in total. The van der Waals surface area contributed by atoms with Crippen LogP contribution in [0.2, 0.25) is 0 Å². The van der Waals surface area contributed by atoms with Gasteiger partial charge in [0.05, 0.1) is 5.71 Å². The van der Waals surface area contributed by atoms with E-state index in [4.69, 9.17) is 4.84 Å². The molecule has 0 saturated heterocycles. The number of rotatable bonds is 1. The lowest BCUT2D eigenvalue weighted by Crippen LogP contribution is -2.11. The van der Waals surface area contributed by atoms with Crippen molar-refractivity contribution in [2.75, 3.05) is 7.11 Å². The number of oxime groups is 1. The molecule has 0 heterocycles. The first-order chi connectivity index (χ1) is 7.52. The molecule has 0 amide bonds. The van der Waals surface area contributed by atoms with E-state index in [0.717, 1.165) is 18.6 Å². The van der Waals surface area contributed by atoms with Gasteiger partial charge in [0.25, 0.3) is 0 Å². The molecule has 0 radical (unpaired) electrons. The van der Waals surface area contributed by atoms with Gasteiger partial charge in [-0.05, 0) is 29.4 Å². The normalized spacial score (nSPS) is 17.6. The highest BCUT2D eigenvalue weighted by Crippen LogP contribution is 2.29. The Morgan fingerprint density at radius 2 is 1.94 bits per heavy atom. The second kappa shape index (κ2) is 3.93. The van der Waals surface area contributed by atoms with Crippen LogP contribution in [0.25, 0.3) is 0 Å². The van der Waals surface area contributed by atoms with Crippen LogP contribution in [0.1, 0.15) is 43.9 Å². The number of hydrogen-bond acceptors (Lipinski definition) is 2. The summed E-state index contributed by atoms with van der Waals surface area (Å²) in [4.78, 5) is 4.87. The Hall–Kier alpha value is -1.31. The SMILES string of the molecule is CO/N=C1/CCc2cc(C(C)(C)C)ccc21. The second-order valence-corrected chi connectivity index (χ2v) is 5.34. The lowest BCUT2D eigenvalue weighted by atomic mass is 9.85. The number of nitrogens with zero attached hydrogens (tertiary/aromatic N) is 1. The van der Waals surface area contributed by atoms with E-state index < -0.39 is 0 Å². The van der Waals surface area contributed by atoms with Crippen molar-refractivity contribution in [3.63, 3.8) is 0 Å². The van der Waals surface area contributed by atoms with Gasteiger partial charge in [-0.15, -0.1) is 0 Å². The van der Waals surface area contributed by atoms with E-state index in [0.29, 0.717) is 0 Å². The highest BCUT2D eigenvalue weighted by atomic mass is 16.6. The molecular formula is C14H19NO. The average molecular weight is 217 g/mol. The first-order valence-electron chi connectivity index (χ1n) is 5.76. The average Bonchev–Trinajstić information content (AvgIpc) is 2.60. The highest BCUT2D eigenvalue weighted by molar-refractivity contribution is 6.04. The van der Waals surface area contributed by atoms with Gasteiger partial charge in [-0.3, -0.25) is 0 Å². The van der Waals surface area contributed by atoms with Gasteiger partial charge in [-0.1, -0.05) is 44.1 Å². The maximum Gasteiger partial charge on any atom is 0.106 e. The molecule has 0 bridgehead atoms. The standard InChI is InChI=1S/C14H19NO/c1-14(2,3)11-6-7-12-10(9-11)5-8-13(12)15-16-4/h6-7,9H,5,8H2,1-4H3/b15-13-. The monoisotopic (exact) mass is 217 g/mol. The van der Waals surface area contributed by atoms with Crippen molar-refractivity contribution < 1.29 is 4.84 Å². The molecule has 86 valence electrons. The summed E-state index contributed by atoms with van der Waals surface area (Å²) < 4.78 is 0. The van der Waals surface area contributed by atoms with Crippen molar-refractivity contribution in [3.8, 4) is 0 Å². The zero-order valence-electron chi connectivity index (χ0n) is 10.5. The molecule has 0 fully saturated rings. The van der Waals surface area contributed by atoms with Gasteiger partial charge in [-0.25, -0.2) is 0 Å². The van der Waals surface area contributed by atoms with E-state index in [-0.39, 0.29) is 5.41 Å². The number of aryl methyl sites for hydroxylation is 1. The fourth-order valence-electron chi connectivity index (χ4n) is 2.14. The third-order valence-electron chi connectivity index (χ3n) is 3.11. The predicted octanol–water partition coefficient (Wildman–Crippen LogP) is 3.28. The van der Waals surface area contributed by atoms with Crippen LogP contribution in [-0.4, -0.2) is 12.8 Å². The maximum atomic E-state index is 4.87. The van der Waals surface area contributed by atoms with E-state index in [1.165, 1.54) is 16.7 Å². The van der Waals surface area contributed by atoms with E-state index >= 15 is 0 Å². The Bertz CT molecular complexity index is 427. The van der Waals surface area contributed by atoms with Gasteiger partial charge < -0.3 is 4.84 Å². The smallest absolute Gasteiger partial charge is 0.106 e. The summed E-state index contributed by atoms with van der Waals surface area (Å²) in [5, 5.41) is 4.07. The Labute approximate surface area is 97.3 Å². The zero-order valence-corrected chi connectivity index (χ0v) is 10.5. The molecule has 2 rings (SSSR count). The van der Waals surface area contributed by atoms with Crippen LogP contribution in [0.3, 0.4) is 0 Å². The topological polar surface area (TPSA) is 21.6 Å². The van der Waals surface area contributed by atoms with E-state index in [2.05, 4.69) is 44.1 Å². The second-order valence-electron chi connectivity index (χ2n) is 5.34. The van der Waals surface area contributed by atoms with E-state index in [1.54, 1.807) is 7.11 Å². The molecule has 2 nitrogen and oxygen atoms in total. The fourth-order valence-corrected chi connectivity index (χ4v) is 2.14. The summed E-state index contributed by atoms with van der Waals surface area (Å²) in [6.07, 6.45) is 2.08. The molecule has 1 aromatic carbocycles. The van der Waals surface area contributed by atoms with E-state index in [1.807, 2.05) is 0 Å². The summed E-state index contributed by atoms with van der Waals surface area (Å²) in [6, 6.07) is 6.70. The predicted molar refractivity (Wildman–Crippen MR) is 67.0 cm³/mol. The molecule has 1 aromatic rings. The Morgan fingerprint density at radius 1 is 1.19 bits per heavy atom. The minimum atomic E-state index is 0.218.